The Kier molecular flexibility index (Phi) is 26.2. The molecule has 0 fully saturated rings. The van der Waals surface area contributed by atoms with Gasteiger partial charge in [-0.3, -0.25) is 0 Å². The summed E-state index contributed by atoms with van der Waals surface area (Å²) in [6, 6.07) is 29.5. The molecule has 1 nitrogen and oxygen atoms in total. The molecule has 0 unspecified atom stereocenters. The van der Waals surface area contributed by atoms with Crippen LogP contribution in [0.25, 0.3) is 0 Å². The lowest BCUT2D eigenvalue weighted by Gasteiger charge is -2.25. The highest BCUT2D eigenvalue weighted by molar-refractivity contribution is 5.76. The molecule has 1 heteroatoms. The second kappa shape index (κ2) is 24.5. The number of hydrogen-bond donors (Lipinski definition) is 0. The first-order valence-corrected chi connectivity index (χ1v) is 11.8. The van der Waals surface area contributed by atoms with Crippen molar-refractivity contribution in [3.05, 3.63) is 90.5 Å². The normalized spacial score (nSPS) is 7.83. The fourth-order valence-corrected chi connectivity index (χ4v) is 2.30. The molecule has 0 saturated heterocycles. The zero-order valence-electron chi connectivity index (χ0n) is 21.5. The zero-order chi connectivity index (χ0) is 23.8. The van der Waals surface area contributed by atoms with E-state index in [1.54, 1.807) is 0 Å². The van der Waals surface area contributed by atoms with Crippen molar-refractivity contribution >= 4 is 17.1 Å². The Labute approximate surface area is 188 Å². The van der Waals surface area contributed by atoms with Crippen LogP contribution in [0.4, 0.5) is 17.1 Å². The second-order valence-corrected chi connectivity index (χ2v) is 4.84. The third-order valence-corrected chi connectivity index (χ3v) is 3.32. The van der Waals surface area contributed by atoms with Gasteiger partial charge in [0.05, 0.1) is 0 Å². The van der Waals surface area contributed by atoms with E-state index in [1.165, 1.54) is 22.6 Å². The fraction of sp³-hybridized carbons (Fsp3) is 0.379. The highest BCUT2D eigenvalue weighted by atomic mass is 15.1. The average Bonchev–Trinajstić information content (AvgIpc) is 2.88. The number of rotatable bonds is 3. The number of nitrogens with zero attached hydrogens (tertiary/aromatic N) is 1. The Balaban J connectivity index is -0.000000642. The summed E-state index contributed by atoms with van der Waals surface area (Å²) in [6.07, 6.45) is 0. The van der Waals surface area contributed by atoms with E-state index < -0.39 is 0 Å². The average molecular weight is 410 g/mol. The van der Waals surface area contributed by atoms with Crippen LogP contribution in [0.2, 0.25) is 0 Å². The van der Waals surface area contributed by atoms with E-state index in [0.717, 1.165) is 0 Å². The zero-order valence-corrected chi connectivity index (χ0v) is 21.5. The molecular weight excluding hydrogens is 362 g/mol. The third kappa shape index (κ3) is 12.1. The van der Waals surface area contributed by atoms with Crippen LogP contribution in [-0.2, 0) is 0 Å². The summed E-state index contributed by atoms with van der Waals surface area (Å²) in [7, 11) is 0. The quantitative estimate of drug-likeness (QED) is 0.415. The predicted octanol–water partition coefficient (Wildman–Crippen LogP) is 10.6. The molecule has 0 aliphatic heterocycles. The van der Waals surface area contributed by atoms with Crippen LogP contribution in [-0.4, -0.2) is 0 Å². The summed E-state index contributed by atoms with van der Waals surface area (Å²) in [5, 5.41) is 0. The second-order valence-electron chi connectivity index (χ2n) is 4.84. The van der Waals surface area contributed by atoms with Crippen molar-refractivity contribution in [3.8, 4) is 0 Å². The summed E-state index contributed by atoms with van der Waals surface area (Å²) < 4.78 is 0. The van der Waals surface area contributed by atoms with Gasteiger partial charge in [-0.05, 0) is 43.3 Å². The van der Waals surface area contributed by atoms with Crippen molar-refractivity contribution in [2.75, 3.05) is 4.90 Å². The lowest BCUT2D eigenvalue weighted by atomic mass is 10.1. The minimum absolute atomic E-state index is 1.17. The molecule has 0 aromatic heterocycles. The molecular formula is C29H47N. The minimum Gasteiger partial charge on any atom is -0.311 e. The molecule has 0 saturated carbocycles. The molecule has 0 spiro atoms. The standard InChI is InChI=1S/C19H17N.5C2H6/c1-16-12-14-19(15-13-16)20(17-8-4-2-5-9-17)18-10-6-3-7-11-18;5*1-2/h2-15H,1H3;5*1-2H3. The van der Waals surface area contributed by atoms with Gasteiger partial charge in [0, 0.05) is 17.1 Å². The van der Waals surface area contributed by atoms with Gasteiger partial charge in [-0.1, -0.05) is 123 Å². The summed E-state index contributed by atoms with van der Waals surface area (Å²) in [6.45, 7) is 22.1. The first-order chi connectivity index (χ1) is 14.8. The molecule has 168 valence electrons. The number of benzene rings is 3. The van der Waals surface area contributed by atoms with Crippen molar-refractivity contribution in [2.45, 2.75) is 76.2 Å². The summed E-state index contributed by atoms with van der Waals surface area (Å²) in [4.78, 5) is 2.26. The largest absolute Gasteiger partial charge is 0.311 e. The van der Waals surface area contributed by atoms with Crippen LogP contribution in [0.15, 0.2) is 84.9 Å². The monoisotopic (exact) mass is 409 g/mol. The predicted molar refractivity (Wildman–Crippen MR) is 143 cm³/mol. The molecule has 0 amide bonds. The molecule has 0 radical (unpaired) electrons. The van der Waals surface area contributed by atoms with Gasteiger partial charge in [-0.15, -0.1) is 0 Å². The van der Waals surface area contributed by atoms with E-state index in [-0.39, 0.29) is 0 Å². The van der Waals surface area contributed by atoms with Gasteiger partial charge in [-0.25, -0.2) is 0 Å². The van der Waals surface area contributed by atoms with Crippen LogP contribution >= 0.6 is 0 Å². The topological polar surface area (TPSA) is 3.24 Å². The molecule has 0 N–H and O–H groups in total. The van der Waals surface area contributed by atoms with Crippen LogP contribution in [0.1, 0.15) is 74.8 Å². The maximum Gasteiger partial charge on any atom is 0.0461 e. The Hall–Kier alpha value is -2.54. The first-order valence-electron chi connectivity index (χ1n) is 11.8. The summed E-state index contributed by atoms with van der Waals surface area (Å²) in [5.74, 6) is 0. The van der Waals surface area contributed by atoms with Crippen molar-refractivity contribution in [1.82, 2.24) is 0 Å². The lowest BCUT2D eigenvalue weighted by Crippen LogP contribution is -2.09. The van der Waals surface area contributed by atoms with Crippen molar-refractivity contribution in [1.29, 1.82) is 0 Å². The van der Waals surface area contributed by atoms with Crippen molar-refractivity contribution in [2.24, 2.45) is 0 Å². The molecule has 0 aliphatic rings. The smallest absolute Gasteiger partial charge is 0.0461 e. The fourth-order valence-electron chi connectivity index (χ4n) is 2.30. The van der Waals surface area contributed by atoms with Crippen LogP contribution < -0.4 is 4.90 Å². The molecule has 0 bridgehead atoms. The van der Waals surface area contributed by atoms with E-state index in [4.69, 9.17) is 0 Å². The van der Waals surface area contributed by atoms with Gasteiger partial charge in [-0.2, -0.15) is 0 Å². The van der Waals surface area contributed by atoms with Gasteiger partial charge >= 0.3 is 0 Å². The van der Waals surface area contributed by atoms with Crippen LogP contribution in [0, 0.1) is 6.92 Å². The highest BCUT2D eigenvalue weighted by Gasteiger charge is 2.10. The maximum atomic E-state index is 2.26. The van der Waals surface area contributed by atoms with Gasteiger partial charge in [0.1, 0.15) is 0 Å². The Morgan fingerprint density at radius 1 is 0.367 bits per heavy atom. The van der Waals surface area contributed by atoms with E-state index >= 15 is 0 Å². The molecule has 0 aliphatic carbocycles. The lowest BCUT2D eigenvalue weighted by molar-refractivity contribution is 1.27. The van der Waals surface area contributed by atoms with Crippen LogP contribution in [0.5, 0.6) is 0 Å². The molecule has 0 atom stereocenters. The Morgan fingerprint density at radius 2 is 0.633 bits per heavy atom. The Morgan fingerprint density at radius 3 is 0.933 bits per heavy atom. The number of hydrogen-bond acceptors (Lipinski definition) is 1. The molecule has 3 aromatic carbocycles. The van der Waals surface area contributed by atoms with E-state index in [9.17, 15) is 0 Å². The maximum absolute atomic E-state index is 2.26. The van der Waals surface area contributed by atoms with Gasteiger partial charge in [0.2, 0.25) is 0 Å². The third-order valence-electron chi connectivity index (χ3n) is 3.32. The summed E-state index contributed by atoms with van der Waals surface area (Å²) in [5.41, 5.74) is 4.79. The van der Waals surface area contributed by atoms with Crippen LogP contribution in [0.3, 0.4) is 0 Å². The number of aryl methyl sites for hydroxylation is 1. The molecule has 30 heavy (non-hydrogen) atoms. The highest BCUT2D eigenvalue weighted by Crippen LogP contribution is 2.33. The molecule has 3 aromatic rings. The first kappa shape index (κ1) is 32.1. The van der Waals surface area contributed by atoms with Gasteiger partial charge in [0.15, 0.2) is 0 Å². The van der Waals surface area contributed by atoms with E-state index in [2.05, 4.69) is 84.6 Å². The number of anilines is 3. The van der Waals surface area contributed by atoms with Gasteiger partial charge < -0.3 is 4.90 Å². The summed E-state index contributed by atoms with van der Waals surface area (Å²) >= 11 is 0. The van der Waals surface area contributed by atoms with Crippen molar-refractivity contribution in [3.63, 3.8) is 0 Å². The van der Waals surface area contributed by atoms with Gasteiger partial charge in [0.25, 0.3) is 0 Å². The Bertz CT molecular complexity index is 618. The van der Waals surface area contributed by atoms with Crippen molar-refractivity contribution < 1.29 is 0 Å². The van der Waals surface area contributed by atoms with E-state index in [0.29, 0.717) is 0 Å². The van der Waals surface area contributed by atoms with E-state index in [1.807, 2.05) is 81.4 Å². The minimum atomic E-state index is 1.17. The molecule has 3 rings (SSSR count). The molecule has 0 heterocycles. The SMILES string of the molecule is CC.CC.CC.CC.CC.Cc1ccc(N(c2ccccc2)c2ccccc2)cc1. The number of para-hydroxylation sites is 2.